The summed E-state index contributed by atoms with van der Waals surface area (Å²) in [6.07, 6.45) is -3.93. The SMILES string of the molecule is CC(C)(C)[Si](C)(C)O[C@@H]1[C@@H](OCc2ccccc2)[C@H](OCc2ccccc2)[C@@H](CO)O[C@H]1O. The molecule has 0 aliphatic carbocycles. The van der Waals surface area contributed by atoms with Gasteiger partial charge in [-0.25, -0.2) is 0 Å². The highest BCUT2D eigenvalue weighted by atomic mass is 28.4. The van der Waals surface area contributed by atoms with Crippen molar-refractivity contribution in [3.05, 3.63) is 71.8 Å². The lowest BCUT2D eigenvalue weighted by atomic mass is 9.98. The Morgan fingerprint density at radius 1 is 0.818 bits per heavy atom. The number of benzene rings is 2. The first-order valence-corrected chi connectivity index (χ1v) is 14.5. The second-order valence-electron chi connectivity index (χ2n) is 10.1. The van der Waals surface area contributed by atoms with E-state index in [9.17, 15) is 10.2 Å². The van der Waals surface area contributed by atoms with Gasteiger partial charge in [-0.05, 0) is 29.3 Å². The molecule has 0 aromatic heterocycles. The first-order valence-electron chi connectivity index (χ1n) is 11.6. The molecule has 1 aliphatic rings. The van der Waals surface area contributed by atoms with Gasteiger partial charge in [0.2, 0.25) is 0 Å². The maximum atomic E-state index is 10.9. The van der Waals surface area contributed by atoms with Gasteiger partial charge in [-0.1, -0.05) is 81.4 Å². The lowest BCUT2D eigenvalue weighted by Gasteiger charge is -2.48. The van der Waals surface area contributed by atoms with Crippen LogP contribution in [0.2, 0.25) is 18.1 Å². The molecule has 2 aromatic rings. The van der Waals surface area contributed by atoms with E-state index in [0.717, 1.165) is 11.1 Å². The van der Waals surface area contributed by atoms with Gasteiger partial charge in [-0.2, -0.15) is 0 Å². The Bertz CT molecular complexity index is 839. The molecule has 0 amide bonds. The van der Waals surface area contributed by atoms with E-state index in [1.165, 1.54) is 0 Å². The average molecular weight is 475 g/mol. The minimum absolute atomic E-state index is 0.0646. The molecular weight excluding hydrogens is 436 g/mol. The van der Waals surface area contributed by atoms with Gasteiger partial charge < -0.3 is 28.8 Å². The van der Waals surface area contributed by atoms with Crippen molar-refractivity contribution in [3.63, 3.8) is 0 Å². The highest BCUT2D eigenvalue weighted by Crippen LogP contribution is 2.40. The number of hydrogen-bond donors (Lipinski definition) is 2. The van der Waals surface area contributed by atoms with Gasteiger partial charge in [0.05, 0.1) is 19.8 Å². The van der Waals surface area contributed by atoms with Gasteiger partial charge in [0.1, 0.15) is 24.4 Å². The third-order valence-corrected chi connectivity index (χ3v) is 11.1. The molecule has 182 valence electrons. The summed E-state index contributed by atoms with van der Waals surface area (Å²) in [5.41, 5.74) is 2.01. The van der Waals surface area contributed by atoms with E-state index in [0.29, 0.717) is 13.2 Å². The number of ether oxygens (including phenoxy) is 3. The van der Waals surface area contributed by atoms with Gasteiger partial charge in [0, 0.05) is 0 Å². The summed E-state index contributed by atoms with van der Waals surface area (Å²) in [6.45, 7) is 11.1. The van der Waals surface area contributed by atoms with Crippen LogP contribution in [0.25, 0.3) is 0 Å². The van der Waals surface area contributed by atoms with E-state index < -0.39 is 39.0 Å². The molecule has 7 heteroatoms. The van der Waals surface area contributed by atoms with Gasteiger partial charge in [0.25, 0.3) is 0 Å². The molecule has 0 radical (unpaired) electrons. The summed E-state index contributed by atoms with van der Waals surface area (Å²) in [5.74, 6) is 0. The number of rotatable bonds is 9. The lowest BCUT2D eigenvalue weighted by molar-refractivity contribution is -0.301. The summed E-state index contributed by atoms with van der Waals surface area (Å²) in [5, 5.41) is 20.9. The largest absolute Gasteiger partial charge is 0.406 e. The minimum atomic E-state index is -2.27. The third kappa shape index (κ3) is 6.73. The average Bonchev–Trinajstić information content (AvgIpc) is 2.78. The zero-order valence-corrected chi connectivity index (χ0v) is 21.3. The molecule has 2 aromatic carbocycles. The summed E-state index contributed by atoms with van der Waals surface area (Å²) in [4.78, 5) is 0. The van der Waals surface area contributed by atoms with Crippen LogP contribution in [0, 0.1) is 0 Å². The molecule has 5 atom stereocenters. The minimum Gasteiger partial charge on any atom is -0.406 e. The smallest absolute Gasteiger partial charge is 0.192 e. The van der Waals surface area contributed by atoms with Crippen molar-refractivity contribution in [1.29, 1.82) is 0 Å². The molecule has 0 unspecified atom stereocenters. The molecule has 1 fully saturated rings. The van der Waals surface area contributed by atoms with Gasteiger partial charge in [-0.3, -0.25) is 0 Å². The topological polar surface area (TPSA) is 77.4 Å². The van der Waals surface area contributed by atoms with Crippen molar-refractivity contribution in [2.45, 2.75) is 82.8 Å². The quantitative estimate of drug-likeness (QED) is 0.529. The number of aliphatic hydroxyl groups is 2. The maximum absolute atomic E-state index is 10.9. The molecule has 33 heavy (non-hydrogen) atoms. The standard InChI is InChI=1S/C26H38O6Si/c1-26(2,3)33(4,5)32-24-23(30-18-20-14-10-7-11-15-20)22(21(16-27)31-25(24)28)29-17-19-12-8-6-9-13-19/h6-15,21-25,27-28H,16-18H2,1-5H3/t21-,22-,23+,24-,25-/m1/s1. The van der Waals surface area contributed by atoms with Crippen LogP contribution in [-0.2, 0) is 31.9 Å². The lowest BCUT2D eigenvalue weighted by Crippen LogP contribution is -2.63. The summed E-state index contributed by atoms with van der Waals surface area (Å²) >= 11 is 0. The first-order chi connectivity index (χ1) is 15.6. The highest BCUT2D eigenvalue weighted by molar-refractivity contribution is 6.74. The Labute approximate surface area is 198 Å². The van der Waals surface area contributed by atoms with Crippen molar-refractivity contribution in [1.82, 2.24) is 0 Å². The number of hydrogen-bond acceptors (Lipinski definition) is 6. The zero-order valence-electron chi connectivity index (χ0n) is 20.3. The Hall–Kier alpha value is -1.58. The van der Waals surface area contributed by atoms with Gasteiger partial charge in [-0.15, -0.1) is 0 Å². The van der Waals surface area contributed by atoms with Gasteiger partial charge >= 0.3 is 0 Å². The van der Waals surface area contributed by atoms with Crippen LogP contribution in [0.5, 0.6) is 0 Å². The summed E-state index contributed by atoms with van der Waals surface area (Å²) in [6, 6.07) is 19.7. The van der Waals surface area contributed by atoms with E-state index in [1.54, 1.807) is 0 Å². The fraction of sp³-hybridized carbons (Fsp3) is 0.538. The summed E-state index contributed by atoms with van der Waals surface area (Å²) < 4.78 is 25.0. The maximum Gasteiger partial charge on any atom is 0.192 e. The molecular formula is C26H38O6Si. The Balaban J connectivity index is 1.87. The van der Waals surface area contributed by atoms with E-state index in [2.05, 4.69) is 33.9 Å². The van der Waals surface area contributed by atoms with Crippen LogP contribution < -0.4 is 0 Å². The van der Waals surface area contributed by atoms with Crippen molar-refractivity contribution in [3.8, 4) is 0 Å². The van der Waals surface area contributed by atoms with E-state index in [4.69, 9.17) is 18.6 Å². The van der Waals surface area contributed by atoms with Gasteiger partial charge in [0.15, 0.2) is 14.6 Å². The third-order valence-electron chi connectivity index (χ3n) is 6.60. The van der Waals surface area contributed by atoms with Crippen LogP contribution in [0.3, 0.4) is 0 Å². The van der Waals surface area contributed by atoms with Crippen molar-refractivity contribution < 1.29 is 28.8 Å². The first kappa shape index (κ1) is 26.0. The second kappa shape index (κ2) is 11.2. The monoisotopic (exact) mass is 474 g/mol. The molecule has 0 saturated carbocycles. The summed E-state index contributed by atoms with van der Waals surface area (Å²) in [7, 11) is -2.27. The van der Waals surface area contributed by atoms with E-state index in [1.807, 2.05) is 60.7 Å². The highest BCUT2D eigenvalue weighted by Gasteiger charge is 2.51. The predicted molar refractivity (Wildman–Crippen MR) is 130 cm³/mol. The molecule has 1 heterocycles. The Morgan fingerprint density at radius 3 is 1.76 bits per heavy atom. The fourth-order valence-electron chi connectivity index (χ4n) is 3.61. The Kier molecular flexibility index (Phi) is 8.86. The Morgan fingerprint density at radius 2 is 1.30 bits per heavy atom. The van der Waals surface area contributed by atoms with E-state index in [-0.39, 0.29) is 11.6 Å². The molecule has 6 nitrogen and oxygen atoms in total. The molecule has 0 spiro atoms. The molecule has 1 saturated heterocycles. The van der Waals surface area contributed by atoms with Crippen LogP contribution in [-0.4, -0.2) is 55.8 Å². The normalized spacial score (nSPS) is 26.3. The van der Waals surface area contributed by atoms with Crippen molar-refractivity contribution in [2.75, 3.05) is 6.61 Å². The van der Waals surface area contributed by atoms with E-state index >= 15 is 0 Å². The number of aliphatic hydroxyl groups excluding tert-OH is 2. The van der Waals surface area contributed by atoms with Crippen molar-refractivity contribution in [2.24, 2.45) is 0 Å². The van der Waals surface area contributed by atoms with Crippen molar-refractivity contribution >= 4 is 8.32 Å². The van der Waals surface area contributed by atoms with Crippen LogP contribution >= 0.6 is 0 Å². The second-order valence-corrected chi connectivity index (χ2v) is 14.9. The molecule has 2 N–H and O–H groups in total. The van der Waals surface area contributed by atoms with Crippen LogP contribution in [0.4, 0.5) is 0 Å². The molecule has 0 bridgehead atoms. The molecule has 3 rings (SSSR count). The van der Waals surface area contributed by atoms with Crippen LogP contribution in [0.1, 0.15) is 31.9 Å². The molecule has 1 aliphatic heterocycles. The predicted octanol–water partition coefficient (Wildman–Crippen LogP) is 4.26. The zero-order chi connectivity index (χ0) is 24.1. The van der Waals surface area contributed by atoms with Crippen LogP contribution in [0.15, 0.2) is 60.7 Å². The fourth-order valence-corrected chi connectivity index (χ4v) is 4.89.